The van der Waals surface area contributed by atoms with E-state index < -0.39 is 0 Å². The molecule has 3 aromatic rings. The molecule has 0 radical (unpaired) electrons. The molecule has 0 atom stereocenters. The van der Waals surface area contributed by atoms with Gasteiger partial charge in [-0.25, -0.2) is 0 Å². The van der Waals surface area contributed by atoms with Crippen LogP contribution in [0.25, 0.3) is 11.1 Å². The van der Waals surface area contributed by atoms with Crippen LogP contribution in [0.15, 0.2) is 70.4 Å². The topological polar surface area (TPSA) is 35.1 Å². The molecule has 2 aromatic heterocycles. The van der Waals surface area contributed by atoms with Gasteiger partial charge in [0.15, 0.2) is 0 Å². The Bertz CT molecular complexity index is 758. The van der Waals surface area contributed by atoms with Crippen LogP contribution in [-0.2, 0) is 6.54 Å². The zero-order chi connectivity index (χ0) is 13.9. The summed E-state index contributed by atoms with van der Waals surface area (Å²) in [5.74, 6) is 0. The van der Waals surface area contributed by atoms with Crippen LogP contribution in [0.1, 0.15) is 5.56 Å². The van der Waals surface area contributed by atoms with E-state index in [0.717, 1.165) is 16.7 Å². The molecule has 0 bridgehead atoms. The number of pyridine rings is 1. The van der Waals surface area contributed by atoms with Gasteiger partial charge in [0.05, 0.1) is 19.1 Å². The van der Waals surface area contributed by atoms with Crippen LogP contribution in [0.3, 0.4) is 0 Å². The number of furan rings is 1. The molecule has 0 fully saturated rings. The molecule has 1 aromatic carbocycles. The van der Waals surface area contributed by atoms with Gasteiger partial charge in [-0.15, -0.1) is 0 Å². The lowest BCUT2D eigenvalue weighted by molar-refractivity contribution is 0.568. The fourth-order valence-electron chi connectivity index (χ4n) is 2.04. The van der Waals surface area contributed by atoms with E-state index in [0.29, 0.717) is 11.6 Å². The molecule has 20 heavy (non-hydrogen) atoms. The van der Waals surface area contributed by atoms with Gasteiger partial charge in [0.2, 0.25) is 0 Å². The second-order valence-corrected chi connectivity index (χ2v) is 4.96. The lowest BCUT2D eigenvalue weighted by Crippen LogP contribution is -2.18. The van der Waals surface area contributed by atoms with Gasteiger partial charge >= 0.3 is 0 Å². The molecule has 3 nitrogen and oxygen atoms in total. The van der Waals surface area contributed by atoms with Crippen LogP contribution in [0.5, 0.6) is 0 Å². The Morgan fingerprint density at radius 1 is 1.00 bits per heavy atom. The molecule has 0 aliphatic carbocycles. The highest BCUT2D eigenvalue weighted by Gasteiger charge is 2.03. The molecule has 0 aliphatic rings. The maximum Gasteiger partial charge on any atom is 0.250 e. The number of rotatable bonds is 3. The maximum atomic E-state index is 11.9. The Labute approximate surface area is 121 Å². The van der Waals surface area contributed by atoms with Gasteiger partial charge in [-0.05, 0) is 29.8 Å². The van der Waals surface area contributed by atoms with Crippen molar-refractivity contribution >= 4 is 11.6 Å². The zero-order valence-electron chi connectivity index (χ0n) is 10.6. The van der Waals surface area contributed by atoms with E-state index in [1.165, 1.54) is 0 Å². The molecule has 0 aliphatic heterocycles. The van der Waals surface area contributed by atoms with Crippen molar-refractivity contribution in [3.05, 3.63) is 82.1 Å². The second kappa shape index (κ2) is 5.39. The number of benzene rings is 1. The zero-order valence-corrected chi connectivity index (χ0v) is 11.4. The van der Waals surface area contributed by atoms with Gasteiger partial charge in [0, 0.05) is 28.4 Å². The highest BCUT2D eigenvalue weighted by Crippen LogP contribution is 2.18. The van der Waals surface area contributed by atoms with E-state index in [-0.39, 0.29) is 5.56 Å². The van der Waals surface area contributed by atoms with Gasteiger partial charge < -0.3 is 8.98 Å². The maximum absolute atomic E-state index is 11.9. The number of nitrogens with zero attached hydrogens (tertiary/aromatic N) is 1. The highest BCUT2D eigenvalue weighted by atomic mass is 35.5. The van der Waals surface area contributed by atoms with Crippen LogP contribution < -0.4 is 5.56 Å². The summed E-state index contributed by atoms with van der Waals surface area (Å²) in [4.78, 5) is 11.9. The van der Waals surface area contributed by atoms with E-state index in [1.807, 2.05) is 36.5 Å². The second-order valence-electron chi connectivity index (χ2n) is 4.52. The SMILES string of the molecule is O=c1ccc(-c2ccoc2)cn1Cc1ccc(Cl)cc1. The minimum absolute atomic E-state index is 0.0350. The first-order valence-corrected chi connectivity index (χ1v) is 6.58. The lowest BCUT2D eigenvalue weighted by atomic mass is 10.1. The van der Waals surface area contributed by atoms with E-state index in [9.17, 15) is 4.79 Å². The average molecular weight is 286 g/mol. The Kier molecular flexibility index (Phi) is 3.44. The molecule has 3 rings (SSSR count). The van der Waals surface area contributed by atoms with Crippen molar-refractivity contribution in [2.75, 3.05) is 0 Å². The number of halogens is 1. The smallest absolute Gasteiger partial charge is 0.250 e. The molecule has 0 amide bonds. The van der Waals surface area contributed by atoms with Crippen molar-refractivity contribution in [1.82, 2.24) is 4.57 Å². The normalized spacial score (nSPS) is 10.7. The van der Waals surface area contributed by atoms with E-state index in [2.05, 4.69) is 0 Å². The third-order valence-corrected chi connectivity index (χ3v) is 3.36. The van der Waals surface area contributed by atoms with Crippen molar-refractivity contribution in [1.29, 1.82) is 0 Å². The van der Waals surface area contributed by atoms with Gasteiger partial charge in [0.1, 0.15) is 0 Å². The summed E-state index contributed by atoms with van der Waals surface area (Å²) in [6.45, 7) is 0.516. The predicted octanol–water partition coefficient (Wildman–Crippen LogP) is 3.81. The Hall–Kier alpha value is -2.26. The van der Waals surface area contributed by atoms with Gasteiger partial charge in [-0.1, -0.05) is 23.7 Å². The van der Waals surface area contributed by atoms with Gasteiger partial charge in [-0.3, -0.25) is 4.79 Å². The Morgan fingerprint density at radius 3 is 2.50 bits per heavy atom. The summed E-state index contributed by atoms with van der Waals surface area (Å²) in [5.41, 5.74) is 2.90. The Balaban J connectivity index is 1.95. The summed E-state index contributed by atoms with van der Waals surface area (Å²) in [6, 6.07) is 12.7. The van der Waals surface area contributed by atoms with Gasteiger partial charge in [0.25, 0.3) is 5.56 Å². The largest absolute Gasteiger partial charge is 0.472 e. The van der Waals surface area contributed by atoms with Crippen molar-refractivity contribution in [3.63, 3.8) is 0 Å². The number of aromatic nitrogens is 1. The molecule has 2 heterocycles. The molecule has 0 unspecified atom stereocenters. The molecular formula is C16H12ClNO2. The van der Waals surface area contributed by atoms with Crippen molar-refractivity contribution < 1.29 is 4.42 Å². The molecule has 0 spiro atoms. The summed E-state index contributed by atoms with van der Waals surface area (Å²) < 4.78 is 6.74. The van der Waals surface area contributed by atoms with E-state index in [4.69, 9.17) is 16.0 Å². The number of hydrogen-bond acceptors (Lipinski definition) is 2. The fourth-order valence-corrected chi connectivity index (χ4v) is 2.17. The van der Waals surface area contributed by atoms with Crippen LogP contribution in [0.4, 0.5) is 0 Å². The van der Waals surface area contributed by atoms with Crippen molar-refractivity contribution in [2.24, 2.45) is 0 Å². The Morgan fingerprint density at radius 2 is 1.80 bits per heavy atom. The molecule has 100 valence electrons. The summed E-state index contributed by atoms with van der Waals surface area (Å²) in [5, 5.41) is 0.688. The van der Waals surface area contributed by atoms with Crippen LogP contribution in [0, 0.1) is 0 Å². The summed E-state index contributed by atoms with van der Waals surface area (Å²) >= 11 is 5.86. The molecule has 0 saturated carbocycles. The lowest BCUT2D eigenvalue weighted by Gasteiger charge is -2.07. The molecule has 0 saturated heterocycles. The molecule has 4 heteroatoms. The first kappa shape index (κ1) is 12.8. The third-order valence-electron chi connectivity index (χ3n) is 3.10. The summed E-state index contributed by atoms with van der Waals surface area (Å²) in [7, 11) is 0. The van der Waals surface area contributed by atoms with Crippen molar-refractivity contribution in [3.8, 4) is 11.1 Å². The first-order valence-electron chi connectivity index (χ1n) is 6.20. The van der Waals surface area contributed by atoms with Gasteiger partial charge in [-0.2, -0.15) is 0 Å². The number of hydrogen-bond donors (Lipinski definition) is 0. The van der Waals surface area contributed by atoms with E-state index in [1.54, 1.807) is 29.2 Å². The van der Waals surface area contributed by atoms with Crippen LogP contribution in [-0.4, -0.2) is 4.57 Å². The predicted molar refractivity (Wildman–Crippen MR) is 79.0 cm³/mol. The highest BCUT2D eigenvalue weighted by molar-refractivity contribution is 6.30. The van der Waals surface area contributed by atoms with Crippen molar-refractivity contribution in [2.45, 2.75) is 6.54 Å². The van der Waals surface area contributed by atoms with Crippen LogP contribution in [0.2, 0.25) is 5.02 Å². The van der Waals surface area contributed by atoms with E-state index >= 15 is 0 Å². The monoisotopic (exact) mass is 285 g/mol. The average Bonchev–Trinajstić information content (AvgIpc) is 2.98. The summed E-state index contributed by atoms with van der Waals surface area (Å²) in [6.07, 6.45) is 5.11. The molecule has 0 N–H and O–H groups in total. The first-order chi connectivity index (χ1) is 9.72. The molecular weight excluding hydrogens is 274 g/mol. The third kappa shape index (κ3) is 2.68. The fraction of sp³-hybridized carbons (Fsp3) is 0.0625. The standard InChI is InChI=1S/C16H12ClNO2/c17-15-4-1-12(2-5-15)9-18-10-13(3-6-16(18)19)14-7-8-20-11-14/h1-8,10-11H,9H2. The quantitative estimate of drug-likeness (QED) is 0.733. The minimum Gasteiger partial charge on any atom is -0.472 e. The van der Waals surface area contributed by atoms with Crippen LogP contribution >= 0.6 is 11.6 Å². The minimum atomic E-state index is -0.0350.